The lowest BCUT2D eigenvalue weighted by Gasteiger charge is -2.45. The number of morpholine rings is 1. The number of fused-ring (bicyclic) bond motifs is 7. The Kier molecular flexibility index (Phi) is 8.72. The first-order chi connectivity index (χ1) is 25.7. The normalized spacial score (nSPS) is 22.0. The molecule has 3 aliphatic heterocycles. The van der Waals surface area contributed by atoms with Crippen LogP contribution in [0.3, 0.4) is 0 Å². The van der Waals surface area contributed by atoms with Crippen molar-refractivity contribution in [1.29, 1.82) is 0 Å². The Morgan fingerprint density at radius 3 is 2.38 bits per heavy atom. The number of aryl methyl sites for hydroxylation is 1. The van der Waals surface area contributed by atoms with E-state index in [1.54, 1.807) is 24.1 Å². The van der Waals surface area contributed by atoms with E-state index in [1.165, 1.54) is 12.0 Å². The lowest BCUT2D eigenvalue weighted by Crippen LogP contribution is -2.57. The minimum absolute atomic E-state index is 0.0192. The highest BCUT2D eigenvalue weighted by Gasteiger charge is 2.40. The zero-order valence-electron chi connectivity index (χ0n) is 30.5. The van der Waals surface area contributed by atoms with Crippen molar-refractivity contribution < 1.29 is 27.5 Å². The topological polar surface area (TPSA) is 125 Å². The zero-order chi connectivity index (χ0) is 36.4. The van der Waals surface area contributed by atoms with Gasteiger partial charge in [0.05, 0.1) is 67.4 Å². The molecule has 2 unspecified atom stereocenters. The van der Waals surface area contributed by atoms with Gasteiger partial charge in [-0.3, -0.25) is 14.3 Å². The highest BCUT2D eigenvalue weighted by atomic mass is 32.2. The lowest BCUT2D eigenvalue weighted by molar-refractivity contribution is -0.0566. The fraction of sp³-hybridized carbons (Fsp3) is 0.488. The van der Waals surface area contributed by atoms with Crippen LogP contribution in [0.25, 0.3) is 33.8 Å². The molecule has 1 N–H and O–H groups in total. The monoisotopic (exact) mass is 737 g/mol. The van der Waals surface area contributed by atoms with Gasteiger partial charge in [0.15, 0.2) is 0 Å². The number of benzene rings is 2. The van der Waals surface area contributed by atoms with E-state index >= 15 is 0 Å². The van der Waals surface area contributed by atoms with Gasteiger partial charge in [-0.25, -0.2) is 13.1 Å². The third-order valence-electron chi connectivity index (χ3n) is 12.5. The van der Waals surface area contributed by atoms with Crippen LogP contribution in [0.2, 0.25) is 0 Å². The summed E-state index contributed by atoms with van der Waals surface area (Å²) in [5.41, 5.74) is 7.77. The fourth-order valence-electron chi connectivity index (χ4n) is 9.56. The third-order valence-corrected chi connectivity index (χ3v) is 14.3. The fourth-order valence-corrected chi connectivity index (χ4v) is 11.1. The van der Waals surface area contributed by atoms with Crippen LogP contribution in [-0.2, 0) is 28.4 Å². The number of nitrogens with zero attached hydrogens (tertiary/aromatic N) is 4. The first-order valence-corrected chi connectivity index (χ1v) is 20.8. The van der Waals surface area contributed by atoms with Crippen LogP contribution in [0.5, 0.6) is 5.75 Å². The highest BCUT2D eigenvalue weighted by Crippen LogP contribution is 2.48. The molecule has 2 aliphatic carbocycles. The van der Waals surface area contributed by atoms with Gasteiger partial charge in [-0.2, -0.15) is 5.10 Å². The molecule has 2 bridgehead atoms. The average Bonchev–Trinajstić information content (AvgIpc) is 3.61. The SMILES string of the molecule is COc1ccc2c(c1)C=C(c1c(C(=O)N3C4CCCC3COC4)cnn1C)Cn1c-2c(C2CCCCC2)c2ccc(C(=O)NS(=O)(=O)C3CCC3)cc21. The average molecular weight is 738 g/mol. The van der Waals surface area contributed by atoms with Crippen molar-refractivity contribution in [3.05, 3.63) is 70.5 Å². The molecule has 5 aliphatic rings. The quantitative estimate of drug-likeness (QED) is 0.225. The van der Waals surface area contributed by atoms with Crippen molar-refractivity contribution in [3.8, 4) is 17.0 Å². The van der Waals surface area contributed by atoms with Crippen molar-refractivity contribution in [3.63, 3.8) is 0 Å². The number of hydrogen-bond donors (Lipinski definition) is 1. The Morgan fingerprint density at radius 2 is 1.66 bits per heavy atom. The molecule has 2 aromatic carbocycles. The number of aromatic nitrogens is 3. The number of carbonyl (C=O) groups excluding carboxylic acids is 2. The lowest BCUT2D eigenvalue weighted by atomic mass is 9.81. The third kappa shape index (κ3) is 5.89. The first kappa shape index (κ1) is 34.4. The zero-order valence-corrected chi connectivity index (χ0v) is 31.3. The molecule has 9 rings (SSSR count). The molecular weight excluding hydrogens is 691 g/mol. The molecule has 2 amide bonds. The Morgan fingerprint density at radius 1 is 0.906 bits per heavy atom. The summed E-state index contributed by atoms with van der Waals surface area (Å²) in [6.45, 7) is 1.51. The number of allylic oxidation sites excluding steroid dienone is 1. The van der Waals surface area contributed by atoms with Crippen LogP contribution >= 0.6 is 0 Å². The second-order valence-corrected chi connectivity index (χ2v) is 17.5. The van der Waals surface area contributed by atoms with Gasteiger partial charge in [0.1, 0.15) is 5.75 Å². The van der Waals surface area contributed by atoms with Crippen molar-refractivity contribution >= 4 is 44.4 Å². The van der Waals surface area contributed by atoms with E-state index in [2.05, 4.69) is 32.6 Å². The predicted octanol–water partition coefficient (Wildman–Crippen LogP) is 6.66. The molecule has 53 heavy (non-hydrogen) atoms. The molecule has 2 saturated heterocycles. The smallest absolute Gasteiger partial charge is 0.264 e. The van der Waals surface area contributed by atoms with Gasteiger partial charge in [0.2, 0.25) is 10.0 Å². The summed E-state index contributed by atoms with van der Waals surface area (Å²) in [6.07, 6.45) is 14.5. The molecule has 2 saturated carbocycles. The number of sulfonamides is 1. The predicted molar refractivity (Wildman–Crippen MR) is 203 cm³/mol. The van der Waals surface area contributed by atoms with Crippen LogP contribution in [0, 0.1) is 0 Å². The van der Waals surface area contributed by atoms with E-state index in [0.29, 0.717) is 49.6 Å². The summed E-state index contributed by atoms with van der Waals surface area (Å²) in [4.78, 5) is 30.2. The second-order valence-electron chi connectivity index (χ2n) is 15.6. The second kappa shape index (κ2) is 13.5. The number of hydrogen-bond acceptors (Lipinski definition) is 7. The van der Waals surface area contributed by atoms with Crippen LogP contribution in [0.15, 0.2) is 42.6 Å². The molecule has 2 atom stereocenters. The van der Waals surface area contributed by atoms with Crippen molar-refractivity contribution in [2.45, 2.75) is 100 Å². The van der Waals surface area contributed by atoms with E-state index in [1.807, 2.05) is 30.1 Å². The Hall–Kier alpha value is -4.42. The molecule has 0 spiro atoms. The number of nitrogens with one attached hydrogen (secondary N) is 1. The minimum Gasteiger partial charge on any atom is -0.497 e. The summed E-state index contributed by atoms with van der Waals surface area (Å²) >= 11 is 0. The number of piperidine rings is 1. The summed E-state index contributed by atoms with van der Waals surface area (Å²) < 4.78 is 44.1. The van der Waals surface area contributed by atoms with Gasteiger partial charge in [0, 0.05) is 29.1 Å². The van der Waals surface area contributed by atoms with Gasteiger partial charge in [-0.1, -0.05) is 31.7 Å². The largest absolute Gasteiger partial charge is 0.497 e. The van der Waals surface area contributed by atoms with Gasteiger partial charge >= 0.3 is 0 Å². The van der Waals surface area contributed by atoms with Crippen molar-refractivity contribution in [2.75, 3.05) is 20.3 Å². The van der Waals surface area contributed by atoms with Crippen molar-refractivity contribution in [1.82, 2.24) is 24.0 Å². The van der Waals surface area contributed by atoms with E-state index < -0.39 is 21.2 Å². The summed E-state index contributed by atoms with van der Waals surface area (Å²) in [7, 11) is -0.202. The van der Waals surface area contributed by atoms with Gasteiger partial charge in [0.25, 0.3) is 11.8 Å². The molecule has 278 valence electrons. The number of carbonyl (C=O) groups is 2. The minimum atomic E-state index is -3.76. The van der Waals surface area contributed by atoms with E-state index in [4.69, 9.17) is 9.47 Å². The van der Waals surface area contributed by atoms with E-state index in [0.717, 1.165) is 96.1 Å². The molecule has 12 heteroatoms. The molecular formula is C41H47N5O6S. The Balaban J connectivity index is 1.22. The number of rotatable bonds is 7. The van der Waals surface area contributed by atoms with Gasteiger partial charge in [-0.15, -0.1) is 0 Å². The number of amides is 2. The van der Waals surface area contributed by atoms with Crippen LogP contribution in [0.1, 0.15) is 114 Å². The summed E-state index contributed by atoms with van der Waals surface area (Å²) in [6, 6.07) is 11.9. The maximum atomic E-state index is 14.6. The maximum Gasteiger partial charge on any atom is 0.264 e. The Labute approximate surface area is 310 Å². The molecule has 4 fully saturated rings. The number of methoxy groups -OCH3 is 1. The maximum absolute atomic E-state index is 14.6. The summed E-state index contributed by atoms with van der Waals surface area (Å²) in [5, 5.41) is 5.21. The van der Waals surface area contributed by atoms with Crippen molar-refractivity contribution in [2.24, 2.45) is 7.05 Å². The Bertz CT molecular complexity index is 2240. The standard InChI is InChI=1S/C41H47N5O6S/c1-44-38(35(21-42-44)41(48)46-29-10-6-11-30(46)24-52-23-29)28-18-27-19-31(51-2)15-17-33(27)39-37(25-8-4-3-5-9-25)34-16-14-26(20-36(34)45(39)22-28)40(47)43-53(49,50)32-12-7-13-32/h14-21,25,29-30,32H,3-13,22-24H2,1-2H3,(H,43,47). The van der Waals surface area contributed by atoms with Gasteiger partial charge in [-0.05, 0) is 104 Å². The van der Waals surface area contributed by atoms with Crippen LogP contribution < -0.4 is 9.46 Å². The molecule has 5 heterocycles. The van der Waals surface area contributed by atoms with E-state index in [9.17, 15) is 18.0 Å². The van der Waals surface area contributed by atoms with Crippen LogP contribution in [-0.4, -0.2) is 77.1 Å². The highest BCUT2D eigenvalue weighted by molar-refractivity contribution is 7.90. The molecule has 0 radical (unpaired) electrons. The molecule has 4 aromatic rings. The summed E-state index contributed by atoms with van der Waals surface area (Å²) in [5.74, 6) is 0.428. The molecule has 2 aromatic heterocycles. The molecule has 11 nitrogen and oxygen atoms in total. The first-order valence-electron chi connectivity index (χ1n) is 19.3. The van der Waals surface area contributed by atoms with Crippen LogP contribution in [0.4, 0.5) is 0 Å². The van der Waals surface area contributed by atoms with E-state index in [-0.39, 0.29) is 18.0 Å². The number of ether oxygens (including phenoxy) is 2. The van der Waals surface area contributed by atoms with Gasteiger partial charge < -0.3 is 18.9 Å².